The molecular formula is C25H28N10O8P2S2. The topological polar surface area (TPSA) is 218 Å². The number of ether oxygens (including phenoxy) is 1. The normalized spacial score (nSPS) is 35.1. The molecule has 9 atom stereocenters. The molecule has 0 amide bonds. The molecule has 18 nitrogen and oxygen atoms in total. The van der Waals surface area contributed by atoms with Crippen molar-refractivity contribution in [1.29, 1.82) is 0 Å². The van der Waals surface area contributed by atoms with E-state index < -0.39 is 37.9 Å². The zero-order valence-electron chi connectivity index (χ0n) is 24.2. The van der Waals surface area contributed by atoms with Crippen molar-refractivity contribution >= 4 is 72.0 Å². The Hall–Kier alpha value is -3.06. The number of nitrogens with two attached hydrogens (primary N) is 1. The monoisotopic (exact) mass is 722 g/mol. The summed E-state index contributed by atoms with van der Waals surface area (Å²) in [5, 5.41) is 10.7. The second-order valence-electron chi connectivity index (χ2n) is 11.4. The first-order chi connectivity index (χ1) is 22.5. The highest BCUT2D eigenvalue weighted by Gasteiger charge is 2.51. The zero-order chi connectivity index (χ0) is 32.7. The first-order valence-corrected chi connectivity index (χ1v) is 19.8. The lowest BCUT2D eigenvalue weighted by molar-refractivity contribution is -0.0381. The number of aromatic hydroxyl groups is 1. The summed E-state index contributed by atoms with van der Waals surface area (Å²) in [4.78, 5) is 25.7. The van der Waals surface area contributed by atoms with Crippen molar-refractivity contribution < 1.29 is 37.1 Å². The molecule has 5 aromatic heterocycles. The van der Waals surface area contributed by atoms with Gasteiger partial charge in [0.15, 0.2) is 22.6 Å². The van der Waals surface area contributed by atoms with Gasteiger partial charge in [0.25, 0.3) is 0 Å². The third-order valence-corrected chi connectivity index (χ3v) is 12.2. The zero-order valence-corrected chi connectivity index (χ0v) is 27.8. The summed E-state index contributed by atoms with van der Waals surface area (Å²) in [5.41, 5.74) is 7.44. The van der Waals surface area contributed by atoms with E-state index in [1.807, 2.05) is 0 Å². The lowest BCUT2D eigenvalue weighted by atomic mass is 9.70. The van der Waals surface area contributed by atoms with Crippen LogP contribution in [0.25, 0.3) is 28.1 Å². The van der Waals surface area contributed by atoms with Crippen LogP contribution in [-0.2, 0) is 32.0 Å². The van der Waals surface area contributed by atoms with E-state index in [1.54, 1.807) is 27.7 Å². The molecule has 2 saturated heterocycles. The molecule has 2 aliphatic heterocycles. The van der Waals surface area contributed by atoms with E-state index in [0.717, 1.165) is 0 Å². The molecule has 1 aliphatic carbocycles. The molecule has 1 saturated carbocycles. The number of fused-ring (bicyclic) bond motifs is 5. The third kappa shape index (κ3) is 5.35. The molecule has 0 spiro atoms. The predicted molar refractivity (Wildman–Crippen MR) is 172 cm³/mol. The number of thiol groups is 2. The largest absolute Gasteiger partial charge is 0.493 e. The molecule has 0 radical (unpaired) electrons. The summed E-state index contributed by atoms with van der Waals surface area (Å²) >= 11 is 8.54. The minimum absolute atomic E-state index is 0.0123. The van der Waals surface area contributed by atoms with Crippen LogP contribution in [0, 0.1) is 17.8 Å². The molecule has 8 rings (SSSR count). The first-order valence-electron chi connectivity index (χ1n) is 14.4. The molecule has 0 aromatic carbocycles. The third-order valence-electron chi connectivity index (χ3n) is 8.90. The fourth-order valence-electron chi connectivity index (χ4n) is 6.50. The van der Waals surface area contributed by atoms with E-state index in [4.69, 9.17) is 28.6 Å². The number of nitrogens with zero attached hydrogens (tertiary/aromatic N) is 9. The van der Waals surface area contributed by atoms with Gasteiger partial charge in [-0.1, -0.05) is 30.6 Å². The number of hydrogen-bond donors (Lipinski definition) is 4. The molecular weight excluding hydrogens is 694 g/mol. The molecule has 248 valence electrons. The number of imidazole rings is 3. The van der Waals surface area contributed by atoms with Crippen LogP contribution in [-0.4, -0.2) is 80.6 Å². The van der Waals surface area contributed by atoms with Crippen molar-refractivity contribution in [3.05, 3.63) is 44.0 Å². The fraction of sp³-hybridized carbons (Fsp3) is 0.440. The van der Waals surface area contributed by atoms with Crippen molar-refractivity contribution in [1.82, 2.24) is 43.4 Å². The average molecular weight is 723 g/mol. The van der Waals surface area contributed by atoms with Gasteiger partial charge in [0, 0.05) is 24.4 Å². The lowest BCUT2D eigenvalue weighted by Gasteiger charge is -2.45. The second-order valence-corrected chi connectivity index (χ2v) is 17.2. The Morgan fingerprint density at radius 1 is 0.979 bits per heavy atom. The average Bonchev–Trinajstić information content (AvgIpc) is 3.81. The molecule has 47 heavy (non-hydrogen) atoms. The Morgan fingerprint density at radius 3 is 2.57 bits per heavy atom. The van der Waals surface area contributed by atoms with Crippen molar-refractivity contribution in [2.45, 2.75) is 30.9 Å². The van der Waals surface area contributed by atoms with Crippen molar-refractivity contribution in [2.75, 3.05) is 25.6 Å². The van der Waals surface area contributed by atoms with E-state index in [2.05, 4.69) is 61.0 Å². The van der Waals surface area contributed by atoms with Crippen LogP contribution in [0.3, 0.4) is 0 Å². The van der Waals surface area contributed by atoms with E-state index in [1.165, 1.54) is 23.3 Å². The van der Waals surface area contributed by atoms with Crippen LogP contribution in [0.4, 0.5) is 5.82 Å². The second kappa shape index (κ2) is 11.5. The molecule has 3 N–H and O–H groups in total. The molecule has 0 bridgehead atoms. The molecule has 3 fully saturated rings. The summed E-state index contributed by atoms with van der Waals surface area (Å²) in [5.74, 6) is -0.786. The van der Waals surface area contributed by atoms with Crippen LogP contribution in [0.1, 0.15) is 18.7 Å². The number of aromatic nitrogens is 9. The molecule has 5 aromatic rings. The Kier molecular flexibility index (Phi) is 7.66. The van der Waals surface area contributed by atoms with Gasteiger partial charge >= 0.3 is 13.6 Å². The van der Waals surface area contributed by atoms with Crippen molar-refractivity contribution in [3.8, 4) is 5.88 Å². The maximum Gasteiger partial charge on any atom is 0.386 e. The Labute approximate surface area is 276 Å². The summed E-state index contributed by atoms with van der Waals surface area (Å²) < 4.78 is 61.7. The van der Waals surface area contributed by atoms with Crippen LogP contribution < -0.4 is 5.73 Å². The molecule has 22 heteroatoms. The van der Waals surface area contributed by atoms with Gasteiger partial charge in [-0.3, -0.25) is 18.0 Å². The molecule has 7 heterocycles. The minimum Gasteiger partial charge on any atom is -0.493 e. The van der Waals surface area contributed by atoms with Gasteiger partial charge in [-0.05, 0) is 12.3 Å². The van der Waals surface area contributed by atoms with Gasteiger partial charge < -0.3 is 29.2 Å². The smallest absolute Gasteiger partial charge is 0.386 e. The van der Waals surface area contributed by atoms with Gasteiger partial charge in [0.2, 0.25) is 11.7 Å². The maximum absolute atomic E-state index is 13.7. The summed E-state index contributed by atoms with van der Waals surface area (Å²) in [6, 6.07) is -0.256. The molecule has 3 aliphatic rings. The highest BCUT2D eigenvalue weighted by molar-refractivity contribution is 8.44. The Bertz CT molecular complexity index is 2130. The van der Waals surface area contributed by atoms with Gasteiger partial charge in [0.05, 0.1) is 38.4 Å². The van der Waals surface area contributed by atoms with Crippen molar-refractivity contribution in [3.63, 3.8) is 0 Å². The van der Waals surface area contributed by atoms with E-state index in [-0.39, 0.29) is 49.4 Å². The minimum atomic E-state index is -4.00. The van der Waals surface area contributed by atoms with Crippen LogP contribution in [0.2, 0.25) is 0 Å². The van der Waals surface area contributed by atoms with Crippen LogP contribution >= 0.6 is 38.1 Å². The number of anilines is 1. The highest BCUT2D eigenvalue weighted by atomic mass is 32.7. The van der Waals surface area contributed by atoms with E-state index in [0.29, 0.717) is 34.5 Å². The SMILES string of the molecule is C=C[C@@H]1[C@@H]2O[P@@](=O)(S)OC[C@H]3C[C@@H](n4cnc5c(O)n6ccnc6nc54)[C@@H]3CO[P@@](=O)(S)OC[C@H]2O[C@H]1n1cnc2c(N)ncnc21. The number of nitrogen functional groups attached to an aromatic ring is 1. The summed E-state index contributed by atoms with van der Waals surface area (Å²) in [7, 11) is 0. The number of hydrogen-bond acceptors (Lipinski definition) is 15. The maximum atomic E-state index is 13.7. The van der Waals surface area contributed by atoms with Gasteiger partial charge in [-0.25, -0.2) is 34.0 Å². The Balaban J connectivity index is 1.07. The van der Waals surface area contributed by atoms with Crippen LogP contribution in [0.5, 0.6) is 5.88 Å². The van der Waals surface area contributed by atoms with E-state index in [9.17, 15) is 14.2 Å². The van der Waals surface area contributed by atoms with Gasteiger partial charge in [-0.15, -0.1) is 6.58 Å². The summed E-state index contributed by atoms with van der Waals surface area (Å²) in [6.07, 6.45) is 6.87. The van der Waals surface area contributed by atoms with E-state index >= 15 is 0 Å². The molecule has 0 unspecified atom stereocenters. The quantitative estimate of drug-likeness (QED) is 0.119. The highest BCUT2D eigenvalue weighted by Crippen LogP contribution is 2.61. The fourth-order valence-corrected chi connectivity index (χ4v) is 9.22. The standard InChI is InChI=1S/C25H28N10O8P2S2/c1-2-13-19-16(42-24(13)35-11-30-17-20(26)28-9-29-21(17)35)8-41-44(37,46)40-7-14-12(6-39-45(38,47)43-19)5-15(14)34-10-31-18-22(34)32-25-27-3-4-33(25)23(18)36/h2-4,9-16,19,24,36H,1,5-8H2,(H,37,46)(H,38,47)(H2,26,28,29)/t12-,13-,14-,15-,16-,19+,24-,44-,45+/m1/s1. The summed E-state index contributed by atoms with van der Waals surface area (Å²) in [6.45, 7) is -4.38. The van der Waals surface area contributed by atoms with Crippen LogP contribution in [0.15, 0.2) is 44.0 Å². The first kappa shape index (κ1) is 31.2. The number of rotatable bonds is 3. The van der Waals surface area contributed by atoms with Gasteiger partial charge in [-0.2, -0.15) is 4.98 Å². The lowest BCUT2D eigenvalue weighted by Crippen LogP contribution is -2.43. The Morgan fingerprint density at radius 2 is 1.74 bits per heavy atom. The van der Waals surface area contributed by atoms with Gasteiger partial charge in [0.1, 0.15) is 30.3 Å². The van der Waals surface area contributed by atoms with Crippen molar-refractivity contribution in [2.24, 2.45) is 17.8 Å². The predicted octanol–water partition coefficient (Wildman–Crippen LogP) is 3.61.